The highest BCUT2D eigenvalue weighted by molar-refractivity contribution is 6.04. The predicted molar refractivity (Wildman–Crippen MR) is 142 cm³/mol. The van der Waals surface area contributed by atoms with Crippen LogP contribution >= 0.6 is 0 Å². The SMILES string of the molecule is COCCOc1ccc(Nc2cc(Nc3cccc(-c4ncn(C)n4)c3OC)c(C(=O)C3CC3)cn2)nc1. The molecule has 0 atom stereocenters. The Morgan fingerprint density at radius 3 is 2.53 bits per heavy atom. The topological polar surface area (TPSA) is 125 Å². The van der Waals surface area contributed by atoms with Crippen molar-refractivity contribution in [3.05, 3.63) is 60.7 Å². The van der Waals surface area contributed by atoms with Gasteiger partial charge in [0, 0.05) is 32.3 Å². The van der Waals surface area contributed by atoms with E-state index in [1.807, 2.05) is 31.3 Å². The molecule has 0 amide bonds. The zero-order valence-electron chi connectivity index (χ0n) is 21.5. The van der Waals surface area contributed by atoms with Crippen molar-refractivity contribution in [1.82, 2.24) is 24.7 Å². The summed E-state index contributed by atoms with van der Waals surface area (Å²) in [6.07, 6.45) is 6.65. The molecule has 0 unspecified atom stereocenters. The first-order valence-electron chi connectivity index (χ1n) is 12.2. The Labute approximate surface area is 220 Å². The van der Waals surface area contributed by atoms with E-state index in [-0.39, 0.29) is 11.7 Å². The molecule has 1 fully saturated rings. The van der Waals surface area contributed by atoms with Gasteiger partial charge in [0.1, 0.15) is 30.3 Å². The monoisotopic (exact) mass is 515 g/mol. The van der Waals surface area contributed by atoms with E-state index in [0.29, 0.717) is 59.1 Å². The molecule has 0 bridgehead atoms. The lowest BCUT2D eigenvalue weighted by atomic mass is 10.1. The first kappa shape index (κ1) is 25.2. The summed E-state index contributed by atoms with van der Waals surface area (Å²) in [5.41, 5.74) is 2.55. The zero-order valence-corrected chi connectivity index (χ0v) is 21.5. The van der Waals surface area contributed by atoms with Crippen molar-refractivity contribution in [3.63, 3.8) is 0 Å². The summed E-state index contributed by atoms with van der Waals surface area (Å²) in [6, 6.07) is 11.1. The van der Waals surface area contributed by atoms with Gasteiger partial charge < -0.3 is 24.8 Å². The van der Waals surface area contributed by atoms with Gasteiger partial charge in [-0.2, -0.15) is 5.10 Å². The molecular formula is C27H29N7O4. The van der Waals surface area contributed by atoms with E-state index in [4.69, 9.17) is 14.2 Å². The Hall–Kier alpha value is -4.51. The first-order valence-corrected chi connectivity index (χ1v) is 12.2. The molecular weight excluding hydrogens is 486 g/mol. The van der Waals surface area contributed by atoms with Gasteiger partial charge in [-0.1, -0.05) is 6.07 Å². The van der Waals surface area contributed by atoms with Crippen LogP contribution in [0.4, 0.5) is 23.0 Å². The number of ketones is 1. The molecule has 196 valence electrons. The van der Waals surface area contributed by atoms with Crippen LogP contribution in [0.2, 0.25) is 0 Å². The van der Waals surface area contributed by atoms with Gasteiger partial charge in [-0.25, -0.2) is 15.0 Å². The van der Waals surface area contributed by atoms with Gasteiger partial charge in [0.05, 0.1) is 42.4 Å². The van der Waals surface area contributed by atoms with E-state index in [1.165, 1.54) is 0 Å². The second kappa shape index (κ2) is 11.3. The second-order valence-electron chi connectivity index (χ2n) is 8.85. The number of para-hydroxylation sites is 1. The number of aryl methyl sites for hydroxylation is 1. The maximum Gasteiger partial charge on any atom is 0.184 e. The number of Topliss-reactive ketones (excluding diaryl/α,β-unsaturated/α-hetero) is 1. The van der Waals surface area contributed by atoms with E-state index in [0.717, 1.165) is 18.4 Å². The molecule has 11 heteroatoms. The molecule has 0 saturated heterocycles. The van der Waals surface area contributed by atoms with Crippen LogP contribution < -0.4 is 20.1 Å². The number of anilines is 4. The van der Waals surface area contributed by atoms with Gasteiger partial charge in [0.15, 0.2) is 17.4 Å². The Bertz CT molecular complexity index is 1420. The molecule has 0 aliphatic heterocycles. The third kappa shape index (κ3) is 5.73. The van der Waals surface area contributed by atoms with Crippen molar-refractivity contribution in [2.75, 3.05) is 38.1 Å². The summed E-state index contributed by atoms with van der Waals surface area (Å²) in [5.74, 6) is 2.98. The van der Waals surface area contributed by atoms with Gasteiger partial charge in [0.2, 0.25) is 0 Å². The summed E-state index contributed by atoms with van der Waals surface area (Å²) < 4.78 is 18.0. The number of hydrogen-bond acceptors (Lipinski definition) is 10. The fourth-order valence-corrected chi connectivity index (χ4v) is 3.94. The van der Waals surface area contributed by atoms with E-state index in [9.17, 15) is 4.79 Å². The molecule has 2 N–H and O–H groups in total. The van der Waals surface area contributed by atoms with Crippen molar-refractivity contribution in [3.8, 4) is 22.9 Å². The maximum atomic E-state index is 13.1. The van der Waals surface area contributed by atoms with Crippen molar-refractivity contribution in [2.24, 2.45) is 13.0 Å². The molecule has 11 nitrogen and oxygen atoms in total. The van der Waals surface area contributed by atoms with Gasteiger partial charge in [-0.05, 0) is 37.1 Å². The predicted octanol–water partition coefficient (Wildman–Crippen LogP) is 4.39. The lowest BCUT2D eigenvalue weighted by Crippen LogP contribution is -2.09. The van der Waals surface area contributed by atoms with Crippen LogP contribution in [0.5, 0.6) is 11.5 Å². The van der Waals surface area contributed by atoms with Gasteiger partial charge >= 0.3 is 0 Å². The average molecular weight is 516 g/mol. The highest BCUT2D eigenvalue weighted by Gasteiger charge is 2.32. The van der Waals surface area contributed by atoms with Crippen molar-refractivity contribution in [2.45, 2.75) is 12.8 Å². The van der Waals surface area contributed by atoms with E-state index in [2.05, 4.69) is 30.7 Å². The zero-order chi connectivity index (χ0) is 26.5. The van der Waals surface area contributed by atoms with Crippen LogP contribution in [0.25, 0.3) is 11.4 Å². The van der Waals surface area contributed by atoms with Crippen LogP contribution in [0.1, 0.15) is 23.2 Å². The van der Waals surface area contributed by atoms with Crippen molar-refractivity contribution in [1.29, 1.82) is 0 Å². The molecule has 38 heavy (non-hydrogen) atoms. The molecule has 1 aliphatic carbocycles. The van der Waals surface area contributed by atoms with Crippen LogP contribution in [0.15, 0.2) is 55.1 Å². The number of nitrogens with zero attached hydrogens (tertiary/aromatic N) is 5. The highest BCUT2D eigenvalue weighted by Crippen LogP contribution is 2.39. The van der Waals surface area contributed by atoms with E-state index in [1.54, 1.807) is 49.8 Å². The second-order valence-corrected chi connectivity index (χ2v) is 8.85. The lowest BCUT2D eigenvalue weighted by molar-refractivity contribution is 0.0968. The number of nitrogens with one attached hydrogen (secondary N) is 2. The molecule has 1 aromatic carbocycles. The summed E-state index contributed by atoms with van der Waals surface area (Å²) in [4.78, 5) is 26.3. The lowest BCUT2D eigenvalue weighted by Gasteiger charge is -2.17. The van der Waals surface area contributed by atoms with Gasteiger partial charge in [-0.3, -0.25) is 9.48 Å². The number of carbonyl (C=O) groups excluding carboxylic acids is 1. The third-order valence-corrected chi connectivity index (χ3v) is 6.00. The smallest absolute Gasteiger partial charge is 0.184 e. The van der Waals surface area contributed by atoms with Crippen molar-refractivity contribution >= 4 is 28.8 Å². The summed E-state index contributed by atoms with van der Waals surface area (Å²) >= 11 is 0. The van der Waals surface area contributed by atoms with Crippen molar-refractivity contribution < 1.29 is 19.0 Å². The highest BCUT2D eigenvalue weighted by atomic mass is 16.5. The minimum absolute atomic E-state index is 0.0365. The quantitative estimate of drug-likeness (QED) is 0.207. The molecule has 4 aromatic rings. The van der Waals surface area contributed by atoms with Gasteiger partial charge in [-0.15, -0.1) is 0 Å². The molecule has 3 heterocycles. The Kier molecular flexibility index (Phi) is 7.45. The average Bonchev–Trinajstić information content (AvgIpc) is 3.69. The number of benzene rings is 1. The Morgan fingerprint density at radius 1 is 1.00 bits per heavy atom. The van der Waals surface area contributed by atoms with Gasteiger partial charge in [0.25, 0.3) is 0 Å². The van der Waals surface area contributed by atoms with E-state index >= 15 is 0 Å². The summed E-state index contributed by atoms with van der Waals surface area (Å²) in [5, 5.41) is 11.0. The Balaban J connectivity index is 1.43. The maximum absolute atomic E-state index is 13.1. The fourth-order valence-electron chi connectivity index (χ4n) is 3.94. The summed E-state index contributed by atoms with van der Waals surface area (Å²) in [6.45, 7) is 0.941. The number of pyridine rings is 2. The standard InChI is InChI=1S/C27H29N7O4/c1-34-16-30-27(33-34)19-5-4-6-21(26(19)37-3)31-22-13-24(29-15-20(22)25(35)17-7-8-17)32-23-10-9-18(14-28-23)38-12-11-36-2/h4-6,9-10,13-17H,7-8,11-12H2,1-3H3,(H2,28,29,31,32). The number of rotatable bonds is 12. The van der Waals surface area contributed by atoms with Crippen LogP contribution in [-0.4, -0.2) is 57.9 Å². The first-order chi connectivity index (χ1) is 18.6. The summed E-state index contributed by atoms with van der Waals surface area (Å²) in [7, 11) is 5.03. The fraction of sp³-hybridized carbons (Fsp3) is 0.296. The normalized spacial score (nSPS) is 12.7. The number of aromatic nitrogens is 5. The molecule has 1 saturated carbocycles. The van der Waals surface area contributed by atoms with Crippen LogP contribution in [-0.2, 0) is 11.8 Å². The minimum atomic E-state index is 0.0365. The number of methoxy groups -OCH3 is 2. The Morgan fingerprint density at radius 2 is 1.84 bits per heavy atom. The van der Waals surface area contributed by atoms with E-state index < -0.39 is 0 Å². The molecule has 3 aromatic heterocycles. The number of ether oxygens (including phenoxy) is 3. The largest absolute Gasteiger partial charge is 0.494 e. The molecule has 1 aliphatic rings. The third-order valence-electron chi connectivity index (χ3n) is 6.00. The minimum Gasteiger partial charge on any atom is -0.494 e. The number of hydrogen-bond donors (Lipinski definition) is 2. The van der Waals surface area contributed by atoms with Crippen LogP contribution in [0, 0.1) is 5.92 Å². The number of carbonyl (C=O) groups is 1. The molecule has 0 spiro atoms. The van der Waals surface area contributed by atoms with Crippen LogP contribution in [0.3, 0.4) is 0 Å². The molecule has 5 rings (SSSR count). The molecule has 0 radical (unpaired) electrons.